The first kappa shape index (κ1) is 29.4. The van der Waals surface area contributed by atoms with E-state index >= 15 is 0 Å². The topological polar surface area (TPSA) is 96.3 Å². The molecule has 0 unspecified atom stereocenters. The minimum atomic E-state index is -1.02. The smallest absolute Gasteiger partial charge is 0.455 e. The number of benzene rings is 2. The average molecular weight is 598 g/mol. The summed E-state index contributed by atoms with van der Waals surface area (Å²) in [6.45, 7) is 2.69. The van der Waals surface area contributed by atoms with E-state index in [0.29, 0.717) is 19.4 Å². The summed E-state index contributed by atoms with van der Waals surface area (Å²) in [6.07, 6.45) is 4.66. The number of aromatic hydroxyl groups is 1. The zero-order valence-corrected chi connectivity index (χ0v) is 25.0. The van der Waals surface area contributed by atoms with Crippen molar-refractivity contribution in [2.75, 3.05) is 6.61 Å². The van der Waals surface area contributed by atoms with Gasteiger partial charge in [0.2, 0.25) is 11.8 Å². The summed E-state index contributed by atoms with van der Waals surface area (Å²) in [5, 5.41) is 22.5. The summed E-state index contributed by atoms with van der Waals surface area (Å²) in [5.41, 5.74) is 4.24. The maximum atomic E-state index is 13.9. The number of phenols is 1. The van der Waals surface area contributed by atoms with Crippen molar-refractivity contribution in [1.29, 1.82) is 0 Å². The molecule has 2 N–H and O–H groups in total. The Morgan fingerprint density at radius 3 is 2.58 bits per heavy atom. The predicted octanol–water partition coefficient (Wildman–Crippen LogP) is 6.10. The normalized spacial score (nSPS) is 23.9. The van der Waals surface area contributed by atoms with Crippen LogP contribution in [0.3, 0.4) is 0 Å². The van der Waals surface area contributed by atoms with Gasteiger partial charge in [-0.25, -0.2) is 0 Å². The summed E-state index contributed by atoms with van der Waals surface area (Å²) in [6, 6.07) is 20.6. The van der Waals surface area contributed by atoms with Crippen LogP contribution in [-0.2, 0) is 20.8 Å². The van der Waals surface area contributed by atoms with Crippen LogP contribution in [0.25, 0.3) is 6.08 Å². The van der Waals surface area contributed by atoms with Crippen LogP contribution in [0.1, 0.15) is 43.0 Å². The van der Waals surface area contributed by atoms with Crippen molar-refractivity contribution >= 4 is 36.3 Å². The lowest BCUT2D eigenvalue weighted by atomic mass is 9.58. The zero-order valence-electron chi connectivity index (χ0n) is 24.2. The number of fused-ring (bicyclic) bond motifs is 3. The summed E-state index contributed by atoms with van der Waals surface area (Å²) in [7, 11) is -1.02. The van der Waals surface area contributed by atoms with Gasteiger partial charge in [-0.2, -0.15) is 0 Å². The molecule has 2 fully saturated rings. The molecule has 3 aromatic rings. The number of carbonyl (C=O) groups is 2. The van der Waals surface area contributed by atoms with E-state index in [1.165, 1.54) is 21.8 Å². The SMILES string of the molecule is CC/C(=C\c1ccc(O)cc1)CC[C@H]1OB(O)C[C@H]2C1=C(COc1ccccc1)C[C@H]1C(=O)N(Cc3cccs3)C(=O)[C@H]12. The molecule has 4 atom stereocenters. The summed E-state index contributed by atoms with van der Waals surface area (Å²) in [5.74, 6) is -0.596. The summed E-state index contributed by atoms with van der Waals surface area (Å²) < 4.78 is 12.4. The second kappa shape index (κ2) is 12.9. The molecule has 3 aliphatic rings. The average Bonchev–Trinajstić information content (AvgIpc) is 3.62. The number of phenolic OH excluding ortho intramolecular Hbond substituents is 1. The molecule has 222 valence electrons. The Morgan fingerprint density at radius 2 is 1.86 bits per heavy atom. The van der Waals surface area contributed by atoms with Gasteiger partial charge in [0, 0.05) is 4.88 Å². The second-order valence-corrected chi connectivity index (χ2v) is 12.6. The number of likely N-dealkylation sites (tertiary alicyclic amines) is 1. The van der Waals surface area contributed by atoms with Crippen molar-refractivity contribution in [3.63, 3.8) is 0 Å². The van der Waals surface area contributed by atoms with Crippen LogP contribution in [0.2, 0.25) is 6.32 Å². The Labute approximate surface area is 256 Å². The molecular weight excluding hydrogens is 561 g/mol. The lowest BCUT2D eigenvalue weighted by Crippen LogP contribution is -2.46. The van der Waals surface area contributed by atoms with Gasteiger partial charge in [0.25, 0.3) is 0 Å². The van der Waals surface area contributed by atoms with E-state index in [4.69, 9.17) is 9.39 Å². The fraction of sp³-hybridized carbons (Fsp3) is 0.353. The number of carbonyl (C=O) groups excluding carboxylic acids is 2. The van der Waals surface area contributed by atoms with Crippen LogP contribution in [0.4, 0.5) is 0 Å². The zero-order chi connectivity index (χ0) is 29.9. The number of hydrogen-bond acceptors (Lipinski definition) is 7. The standard InChI is InChI=1S/C34H36BNO6S/c1-2-22(17-23-10-13-25(37)14-11-23)12-15-30-31-24(21-41-26-7-4-3-5-8-26)18-28-32(29(31)19-35(40)42-30)34(39)36(33(28)38)20-27-9-6-16-43-27/h3-11,13-14,16-17,28-30,32,37,40H,2,12,15,18-21H2,1H3/b22-17+/t28-,29+,30-,32-/m1/s1. The minimum Gasteiger partial charge on any atom is -0.508 e. The largest absolute Gasteiger partial charge is 0.508 e. The number of rotatable bonds is 10. The number of ether oxygens (including phenoxy) is 1. The summed E-state index contributed by atoms with van der Waals surface area (Å²) in [4.78, 5) is 30.0. The molecule has 43 heavy (non-hydrogen) atoms. The molecule has 1 aliphatic carbocycles. The number of hydrogen-bond donors (Lipinski definition) is 2. The molecule has 0 radical (unpaired) electrons. The van der Waals surface area contributed by atoms with Gasteiger partial charge in [-0.15, -0.1) is 11.3 Å². The van der Waals surface area contributed by atoms with Crippen LogP contribution in [-0.4, -0.2) is 46.7 Å². The van der Waals surface area contributed by atoms with Gasteiger partial charge in [-0.05, 0) is 90.3 Å². The Kier molecular flexibility index (Phi) is 8.84. The third-order valence-corrected chi connectivity index (χ3v) is 9.76. The van der Waals surface area contributed by atoms with Gasteiger partial charge < -0.3 is 19.5 Å². The molecule has 7 nitrogen and oxygen atoms in total. The minimum absolute atomic E-state index is 0.137. The number of imide groups is 1. The third-order valence-electron chi connectivity index (χ3n) is 8.90. The number of allylic oxidation sites excluding steroid dienone is 1. The van der Waals surface area contributed by atoms with Crippen LogP contribution >= 0.6 is 11.3 Å². The molecule has 0 spiro atoms. The van der Waals surface area contributed by atoms with Gasteiger partial charge in [0.05, 0.1) is 24.5 Å². The highest BCUT2D eigenvalue weighted by Crippen LogP contribution is 2.51. The van der Waals surface area contributed by atoms with Gasteiger partial charge in [-0.1, -0.05) is 55.0 Å². The molecular formula is C34H36BNO6S. The number of para-hydroxylation sites is 1. The van der Waals surface area contributed by atoms with Gasteiger partial charge in [0.1, 0.15) is 18.1 Å². The summed E-state index contributed by atoms with van der Waals surface area (Å²) >= 11 is 1.54. The molecule has 0 saturated carbocycles. The number of thiophene rings is 1. The maximum Gasteiger partial charge on any atom is 0.455 e. The van der Waals surface area contributed by atoms with E-state index in [1.54, 1.807) is 12.1 Å². The van der Waals surface area contributed by atoms with Crippen LogP contribution in [0.15, 0.2) is 88.8 Å². The Bertz CT molecular complexity index is 1500. The molecule has 2 saturated heterocycles. The molecule has 2 aromatic carbocycles. The van der Waals surface area contributed by atoms with E-state index < -0.39 is 25.1 Å². The highest BCUT2D eigenvalue weighted by Gasteiger charge is 2.57. The van der Waals surface area contributed by atoms with Crippen LogP contribution in [0.5, 0.6) is 11.5 Å². The van der Waals surface area contributed by atoms with Crippen molar-refractivity contribution in [2.24, 2.45) is 17.8 Å². The number of amides is 2. The van der Waals surface area contributed by atoms with E-state index in [1.807, 2.05) is 60.0 Å². The molecule has 2 aliphatic heterocycles. The van der Waals surface area contributed by atoms with Gasteiger partial charge >= 0.3 is 7.12 Å². The van der Waals surface area contributed by atoms with Crippen molar-refractivity contribution in [1.82, 2.24) is 4.90 Å². The molecule has 3 heterocycles. The fourth-order valence-corrected chi connectivity index (χ4v) is 7.53. The van der Waals surface area contributed by atoms with Crippen molar-refractivity contribution < 1.29 is 29.1 Å². The van der Waals surface area contributed by atoms with E-state index in [-0.39, 0.29) is 36.3 Å². The Morgan fingerprint density at radius 1 is 1.07 bits per heavy atom. The van der Waals surface area contributed by atoms with Crippen molar-refractivity contribution in [2.45, 2.75) is 51.6 Å². The first-order valence-corrected chi connectivity index (χ1v) is 15.9. The quantitative estimate of drug-likeness (QED) is 0.167. The highest BCUT2D eigenvalue weighted by atomic mass is 32.1. The maximum absolute atomic E-state index is 13.9. The first-order chi connectivity index (χ1) is 20.9. The predicted molar refractivity (Wildman–Crippen MR) is 167 cm³/mol. The lowest BCUT2D eigenvalue weighted by molar-refractivity contribution is -0.140. The van der Waals surface area contributed by atoms with Crippen LogP contribution in [0, 0.1) is 17.8 Å². The lowest BCUT2D eigenvalue weighted by Gasteiger charge is -2.43. The van der Waals surface area contributed by atoms with Crippen LogP contribution < -0.4 is 4.74 Å². The van der Waals surface area contributed by atoms with Gasteiger partial charge in [0.15, 0.2) is 0 Å². The molecule has 1 aromatic heterocycles. The molecule has 6 rings (SSSR count). The number of nitrogens with zero attached hydrogens (tertiary/aromatic N) is 1. The first-order valence-electron chi connectivity index (χ1n) is 15.0. The molecule has 0 bridgehead atoms. The molecule has 9 heteroatoms. The molecule has 2 amide bonds. The highest BCUT2D eigenvalue weighted by molar-refractivity contribution is 7.09. The van der Waals surface area contributed by atoms with E-state index in [2.05, 4.69) is 13.0 Å². The second-order valence-electron chi connectivity index (χ2n) is 11.5. The van der Waals surface area contributed by atoms with Gasteiger partial charge in [-0.3, -0.25) is 14.5 Å². The Balaban J connectivity index is 1.30. The monoisotopic (exact) mass is 597 g/mol. The van der Waals surface area contributed by atoms with E-state index in [9.17, 15) is 19.7 Å². The van der Waals surface area contributed by atoms with Crippen molar-refractivity contribution in [3.8, 4) is 11.5 Å². The van der Waals surface area contributed by atoms with E-state index in [0.717, 1.165) is 40.2 Å². The fourth-order valence-electron chi connectivity index (χ4n) is 6.84. The third kappa shape index (κ3) is 6.35. The Hall–Kier alpha value is -3.66. The van der Waals surface area contributed by atoms with Crippen molar-refractivity contribution in [3.05, 3.63) is 99.3 Å².